The minimum atomic E-state index is -4.39. The highest BCUT2D eigenvalue weighted by Crippen LogP contribution is 2.43. The number of esters is 2. The third-order valence-electron chi connectivity index (χ3n) is 8.28. The smallest absolute Gasteiger partial charge is 0.462 e. The summed E-state index contributed by atoms with van der Waals surface area (Å²) in [4.78, 5) is 34.9. The van der Waals surface area contributed by atoms with E-state index in [4.69, 9.17) is 24.3 Å². The average molecular weight is 790 g/mol. The maximum absolute atomic E-state index is 12.6. The first kappa shape index (κ1) is 52.2. The van der Waals surface area contributed by atoms with Crippen molar-refractivity contribution >= 4 is 19.8 Å². The number of phosphoric ester groups is 1. The zero-order chi connectivity index (χ0) is 40.3. The van der Waals surface area contributed by atoms with Crippen LogP contribution in [0.2, 0.25) is 0 Å². The molecule has 2 atom stereocenters. The van der Waals surface area contributed by atoms with E-state index in [2.05, 4.69) is 98.9 Å². The second-order valence-corrected chi connectivity index (χ2v) is 14.9. The van der Waals surface area contributed by atoms with Crippen molar-refractivity contribution in [2.24, 2.45) is 5.73 Å². The van der Waals surface area contributed by atoms with E-state index in [1.165, 1.54) is 19.3 Å². The first-order valence-electron chi connectivity index (χ1n) is 21.1. The third-order valence-corrected chi connectivity index (χ3v) is 9.26. The van der Waals surface area contributed by atoms with E-state index in [9.17, 15) is 19.0 Å². The molecule has 10 heteroatoms. The molecule has 55 heavy (non-hydrogen) atoms. The minimum Gasteiger partial charge on any atom is -0.462 e. The molecule has 0 fully saturated rings. The lowest BCUT2D eigenvalue weighted by atomic mass is 10.1. The van der Waals surface area contributed by atoms with Crippen molar-refractivity contribution < 1.29 is 37.6 Å². The Kier molecular flexibility index (Phi) is 38.8. The molecule has 0 heterocycles. The summed E-state index contributed by atoms with van der Waals surface area (Å²) in [5, 5.41) is 0. The molecule has 0 bridgehead atoms. The Morgan fingerprint density at radius 1 is 0.545 bits per heavy atom. The number of hydrogen-bond acceptors (Lipinski definition) is 8. The van der Waals surface area contributed by atoms with E-state index in [1.807, 2.05) is 0 Å². The van der Waals surface area contributed by atoms with E-state index in [0.29, 0.717) is 12.8 Å². The van der Waals surface area contributed by atoms with E-state index >= 15 is 0 Å². The van der Waals surface area contributed by atoms with Crippen molar-refractivity contribution in [3.63, 3.8) is 0 Å². The fourth-order valence-electron chi connectivity index (χ4n) is 5.23. The molecule has 0 radical (unpaired) electrons. The van der Waals surface area contributed by atoms with Crippen LogP contribution in [-0.2, 0) is 32.7 Å². The van der Waals surface area contributed by atoms with Gasteiger partial charge in [-0.2, -0.15) is 0 Å². The quantitative estimate of drug-likeness (QED) is 0.0271. The van der Waals surface area contributed by atoms with E-state index < -0.39 is 32.5 Å². The second-order valence-electron chi connectivity index (χ2n) is 13.4. The van der Waals surface area contributed by atoms with Gasteiger partial charge in [0, 0.05) is 19.4 Å². The van der Waals surface area contributed by atoms with Crippen LogP contribution >= 0.6 is 7.82 Å². The zero-order valence-electron chi connectivity index (χ0n) is 34.4. The number of phosphoric acid groups is 1. The van der Waals surface area contributed by atoms with Gasteiger partial charge in [0.15, 0.2) is 6.10 Å². The van der Waals surface area contributed by atoms with Gasteiger partial charge in [0.25, 0.3) is 0 Å². The summed E-state index contributed by atoms with van der Waals surface area (Å²) in [6, 6.07) is 0. The summed E-state index contributed by atoms with van der Waals surface area (Å²) in [6.45, 7) is 3.44. The topological polar surface area (TPSA) is 134 Å². The summed E-state index contributed by atoms with van der Waals surface area (Å²) in [5.41, 5.74) is 5.34. The molecule has 0 aliphatic rings. The van der Waals surface area contributed by atoms with Gasteiger partial charge in [0.05, 0.1) is 13.2 Å². The van der Waals surface area contributed by atoms with Crippen LogP contribution in [0.15, 0.2) is 85.1 Å². The number of rotatable bonds is 38. The highest BCUT2D eigenvalue weighted by molar-refractivity contribution is 7.47. The number of hydrogen-bond donors (Lipinski definition) is 2. The standard InChI is InChI=1S/C45H76NO8P/c1-3-5-7-9-11-13-15-17-19-21-23-25-27-29-31-33-35-37-44(47)51-41-43(42-53-55(49,50)52-40-39-46)54-45(48)38-36-34-32-30-28-26-24-22-20-18-16-14-12-10-8-6-4-2/h5-8,11-14,17-20,24,26,43H,3-4,9-10,15-16,21-23,25,27-42,46H2,1-2H3,(H,49,50)/b7-5-,8-6-,13-11-,14-12-,19-17-,20-18-,26-24-. The van der Waals surface area contributed by atoms with Gasteiger partial charge >= 0.3 is 19.8 Å². The molecule has 0 aromatic carbocycles. The highest BCUT2D eigenvalue weighted by Gasteiger charge is 2.25. The number of nitrogens with two attached hydrogens (primary N) is 1. The van der Waals surface area contributed by atoms with Gasteiger partial charge in [-0.3, -0.25) is 18.6 Å². The van der Waals surface area contributed by atoms with Crippen LogP contribution in [0.4, 0.5) is 0 Å². The van der Waals surface area contributed by atoms with Crippen LogP contribution in [0.5, 0.6) is 0 Å². The van der Waals surface area contributed by atoms with Crippen molar-refractivity contribution in [1.29, 1.82) is 0 Å². The maximum Gasteiger partial charge on any atom is 0.472 e. The normalized spacial score (nSPS) is 14.2. The summed E-state index contributed by atoms with van der Waals surface area (Å²) in [6.07, 6.45) is 50.4. The number of carbonyl (C=O) groups excluding carboxylic acids is 2. The predicted molar refractivity (Wildman–Crippen MR) is 229 cm³/mol. The van der Waals surface area contributed by atoms with Gasteiger partial charge in [-0.1, -0.05) is 144 Å². The fourth-order valence-corrected chi connectivity index (χ4v) is 5.99. The Labute approximate surface area is 334 Å². The molecule has 0 saturated carbocycles. The van der Waals surface area contributed by atoms with Crippen LogP contribution in [0, 0.1) is 0 Å². The first-order chi connectivity index (χ1) is 26.8. The summed E-state index contributed by atoms with van der Waals surface area (Å²) in [7, 11) is -4.39. The number of unbranched alkanes of at least 4 members (excludes halogenated alkanes) is 11. The molecule has 0 aliphatic heterocycles. The van der Waals surface area contributed by atoms with Crippen LogP contribution in [0.25, 0.3) is 0 Å². The molecule has 2 unspecified atom stereocenters. The molecule has 0 aromatic heterocycles. The van der Waals surface area contributed by atoms with Crippen molar-refractivity contribution in [2.45, 2.75) is 161 Å². The van der Waals surface area contributed by atoms with Gasteiger partial charge < -0.3 is 20.1 Å². The number of ether oxygens (including phenoxy) is 2. The molecular formula is C45H76NO8P. The molecule has 0 aromatic rings. The molecule has 0 rings (SSSR count). The lowest BCUT2D eigenvalue weighted by Crippen LogP contribution is -2.29. The number of carbonyl (C=O) groups is 2. The van der Waals surface area contributed by atoms with Crippen molar-refractivity contribution in [3.05, 3.63) is 85.1 Å². The molecule has 0 spiro atoms. The Bertz CT molecular complexity index is 1170. The van der Waals surface area contributed by atoms with Gasteiger partial charge in [0.1, 0.15) is 6.61 Å². The Balaban J connectivity index is 4.25. The summed E-state index contributed by atoms with van der Waals surface area (Å²) in [5.74, 6) is -0.877. The average Bonchev–Trinajstić information content (AvgIpc) is 3.17. The predicted octanol–water partition coefficient (Wildman–Crippen LogP) is 12.0. The zero-order valence-corrected chi connectivity index (χ0v) is 35.3. The van der Waals surface area contributed by atoms with Gasteiger partial charge in [0.2, 0.25) is 0 Å². The lowest BCUT2D eigenvalue weighted by Gasteiger charge is -2.19. The molecule has 0 saturated heterocycles. The Morgan fingerprint density at radius 2 is 0.945 bits per heavy atom. The third kappa shape index (κ3) is 40.7. The molecule has 314 valence electrons. The maximum atomic E-state index is 12.6. The SMILES string of the molecule is CC/C=C\C/C=C\C/C=C\C/C=C\CCCCCCC(=O)OC(COC(=O)CCCCCCCCC/C=C\C/C=C\C/C=C\CC)COP(=O)(O)OCCN. The van der Waals surface area contributed by atoms with Crippen molar-refractivity contribution in [1.82, 2.24) is 0 Å². The van der Waals surface area contributed by atoms with Gasteiger partial charge in [-0.05, 0) is 83.5 Å². The Hall–Kier alpha value is -2.81. The van der Waals surface area contributed by atoms with Crippen LogP contribution in [0.1, 0.15) is 155 Å². The Morgan fingerprint density at radius 3 is 1.40 bits per heavy atom. The minimum absolute atomic E-state index is 0.0428. The van der Waals surface area contributed by atoms with E-state index in [-0.39, 0.29) is 32.6 Å². The molecule has 3 N–H and O–H groups in total. The number of allylic oxidation sites excluding steroid dienone is 14. The molecular weight excluding hydrogens is 713 g/mol. The monoisotopic (exact) mass is 790 g/mol. The van der Waals surface area contributed by atoms with Crippen LogP contribution in [-0.4, -0.2) is 49.3 Å². The molecule has 0 aliphatic carbocycles. The lowest BCUT2D eigenvalue weighted by molar-refractivity contribution is -0.161. The first-order valence-corrected chi connectivity index (χ1v) is 22.6. The largest absolute Gasteiger partial charge is 0.472 e. The summed E-state index contributed by atoms with van der Waals surface area (Å²) < 4.78 is 32.7. The molecule has 0 amide bonds. The summed E-state index contributed by atoms with van der Waals surface area (Å²) >= 11 is 0. The van der Waals surface area contributed by atoms with Crippen LogP contribution < -0.4 is 5.73 Å². The van der Waals surface area contributed by atoms with Gasteiger partial charge in [-0.25, -0.2) is 4.57 Å². The van der Waals surface area contributed by atoms with Gasteiger partial charge in [-0.15, -0.1) is 0 Å². The second kappa shape index (κ2) is 40.8. The fraction of sp³-hybridized carbons (Fsp3) is 0.644. The van der Waals surface area contributed by atoms with E-state index in [0.717, 1.165) is 96.3 Å². The van der Waals surface area contributed by atoms with Crippen molar-refractivity contribution in [2.75, 3.05) is 26.4 Å². The van der Waals surface area contributed by atoms with E-state index in [1.54, 1.807) is 0 Å². The molecule has 9 nitrogen and oxygen atoms in total. The van der Waals surface area contributed by atoms with Crippen LogP contribution in [0.3, 0.4) is 0 Å². The highest BCUT2D eigenvalue weighted by atomic mass is 31.2. The van der Waals surface area contributed by atoms with Crippen molar-refractivity contribution in [3.8, 4) is 0 Å².